The van der Waals surface area contributed by atoms with E-state index < -0.39 is 10.0 Å². The lowest BCUT2D eigenvalue weighted by Crippen LogP contribution is -2.38. The first kappa shape index (κ1) is 13.3. The van der Waals surface area contributed by atoms with Crippen molar-refractivity contribution in [3.63, 3.8) is 0 Å². The number of para-hydroxylation sites is 1. The van der Waals surface area contributed by atoms with Gasteiger partial charge >= 0.3 is 0 Å². The van der Waals surface area contributed by atoms with Crippen molar-refractivity contribution in [1.29, 1.82) is 0 Å². The largest absolute Gasteiger partial charge is 0.317 e. The summed E-state index contributed by atoms with van der Waals surface area (Å²) in [7, 11) is -3.34. The van der Waals surface area contributed by atoms with Crippen molar-refractivity contribution in [3.8, 4) is 0 Å². The molecular weight excluding hydrogens is 274 g/mol. The van der Waals surface area contributed by atoms with Crippen molar-refractivity contribution in [2.75, 3.05) is 17.8 Å². The van der Waals surface area contributed by atoms with Crippen LogP contribution in [-0.4, -0.2) is 31.7 Å². The van der Waals surface area contributed by atoms with E-state index in [1.165, 1.54) is 0 Å². The van der Waals surface area contributed by atoms with Gasteiger partial charge in [-0.05, 0) is 38.1 Å². The number of nitrogens with zero attached hydrogens (tertiary/aromatic N) is 1. The Morgan fingerprint density at radius 3 is 2.75 bits per heavy atom. The number of aromatic nitrogens is 1. The van der Waals surface area contributed by atoms with Gasteiger partial charge in [-0.15, -0.1) is 0 Å². The molecule has 2 N–H and O–H groups in total. The van der Waals surface area contributed by atoms with Crippen molar-refractivity contribution < 1.29 is 8.42 Å². The number of pyridine rings is 1. The number of nitrogens with one attached hydrogen (secondary N) is 2. The molecule has 0 aliphatic carbocycles. The van der Waals surface area contributed by atoms with Crippen molar-refractivity contribution >= 4 is 26.6 Å². The normalized spacial score (nSPS) is 17.2. The lowest BCUT2D eigenvalue weighted by atomic mass is 10.2. The van der Waals surface area contributed by atoms with Crippen LogP contribution in [0.3, 0.4) is 0 Å². The molecule has 0 saturated carbocycles. The van der Waals surface area contributed by atoms with Crippen molar-refractivity contribution in [1.82, 2.24) is 10.3 Å². The maximum absolute atomic E-state index is 12.3. The zero-order valence-electron chi connectivity index (χ0n) is 11.0. The third-order valence-electron chi connectivity index (χ3n) is 3.58. The minimum Gasteiger partial charge on any atom is -0.317 e. The highest BCUT2D eigenvalue weighted by Crippen LogP contribution is 2.20. The molecule has 1 saturated heterocycles. The molecule has 0 atom stereocenters. The van der Waals surface area contributed by atoms with Crippen LogP contribution < -0.4 is 10.0 Å². The third kappa shape index (κ3) is 2.76. The number of hydrogen-bond acceptors (Lipinski definition) is 4. The number of anilines is 1. The van der Waals surface area contributed by atoms with E-state index >= 15 is 0 Å². The van der Waals surface area contributed by atoms with Gasteiger partial charge in [0.05, 0.1) is 22.7 Å². The van der Waals surface area contributed by atoms with E-state index in [0.717, 1.165) is 24.0 Å². The van der Waals surface area contributed by atoms with Gasteiger partial charge < -0.3 is 5.32 Å². The fourth-order valence-electron chi connectivity index (χ4n) is 2.48. The summed E-state index contributed by atoms with van der Waals surface area (Å²) >= 11 is 0. The molecule has 106 valence electrons. The molecule has 1 fully saturated rings. The predicted molar refractivity (Wildman–Crippen MR) is 80.2 cm³/mol. The van der Waals surface area contributed by atoms with Crippen LogP contribution in [-0.2, 0) is 10.0 Å². The average Bonchev–Trinajstić information content (AvgIpc) is 2.48. The van der Waals surface area contributed by atoms with Crippen LogP contribution >= 0.6 is 0 Å². The standard InChI is InChI=1S/C14H17N3O2S/c18-20(19,13-5-7-15-8-6-13)17-12-9-11-3-1-2-4-14(11)16-10-12/h1-4,9-10,13,15,17H,5-8H2. The Labute approximate surface area is 118 Å². The molecule has 2 heterocycles. The van der Waals surface area contributed by atoms with Crippen molar-refractivity contribution in [3.05, 3.63) is 36.5 Å². The average molecular weight is 291 g/mol. The van der Waals surface area contributed by atoms with Crippen LogP contribution in [0, 0.1) is 0 Å². The summed E-state index contributed by atoms with van der Waals surface area (Å²) in [5, 5.41) is 3.78. The number of hydrogen-bond donors (Lipinski definition) is 2. The Balaban J connectivity index is 1.84. The molecule has 0 bridgehead atoms. The number of sulfonamides is 1. The van der Waals surface area contributed by atoms with E-state index in [1.54, 1.807) is 6.20 Å². The predicted octanol–water partition coefficient (Wildman–Crippen LogP) is 1.73. The summed E-state index contributed by atoms with van der Waals surface area (Å²) in [6, 6.07) is 9.47. The molecule has 1 aromatic carbocycles. The van der Waals surface area contributed by atoms with Gasteiger partial charge in [-0.25, -0.2) is 8.42 Å². The third-order valence-corrected chi connectivity index (χ3v) is 5.44. The molecule has 1 aromatic heterocycles. The lowest BCUT2D eigenvalue weighted by molar-refractivity contribution is 0.499. The van der Waals surface area contributed by atoms with E-state index in [1.807, 2.05) is 30.3 Å². The Kier molecular flexibility index (Phi) is 3.58. The molecule has 5 nitrogen and oxygen atoms in total. The van der Waals surface area contributed by atoms with Gasteiger partial charge in [0.15, 0.2) is 0 Å². The first-order valence-corrected chi connectivity index (χ1v) is 8.27. The highest BCUT2D eigenvalue weighted by atomic mass is 32.2. The summed E-state index contributed by atoms with van der Waals surface area (Å²) in [6.07, 6.45) is 2.87. The maximum Gasteiger partial charge on any atom is 0.235 e. The SMILES string of the molecule is O=S(=O)(Nc1cnc2ccccc2c1)C1CCNCC1. The van der Waals surface area contributed by atoms with Gasteiger partial charge in [0.25, 0.3) is 0 Å². The Hall–Kier alpha value is -1.66. The molecule has 1 aliphatic heterocycles. The van der Waals surface area contributed by atoms with Crippen LogP contribution in [0.15, 0.2) is 36.5 Å². The fourth-order valence-corrected chi connectivity index (χ4v) is 3.94. The zero-order chi connectivity index (χ0) is 14.0. The molecule has 0 spiro atoms. The summed E-state index contributed by atoms with van der Waals surface area (Å²) in [6.45, 7) is 1.50. The van der Waals surface area contributed by atoms with E-state index in [-0.39, 0.29) is 5.25 Å². The number of benzene rings is 1. The summed E-state index contributed by atoms with van der Waals surface area (Å²) in [5.41, 5.74) is 1.39. The zero-order valence-corrected chi connectivity index (χ0v) is 11.9. The lowest BCUT2D eigenvalue weighted by Gasteiger charge is -2.23. The molecule has 3 rings (SSSR count). The van der Waals surface area contributed by atoms with Gasteiger partial charge in [0.1, 0.15) is 0 Å². The molecule has 0 unspecified atom stereocenters. The van der Waals surface area contributed by atoms with E-state index in [0.29, 0.717) is 18.5 Å². The molecule has 0 radical (unpaired) electrons. The fraction of sp³-hybridized carbons (Fsp3) is 0.357. The molecule has 1 aliphatic rings. The van der Waals surface area contributed by atoms with Crippen LogP contribution in [0.2, 0.25) is 0 Å². The van der Waals surface area contributed by atoms with Crippen LogP contribution in [0.1, 0.15) is 12.8 Å². The quantitative estimate of drug-likeness (QED) is 0.903. The van der Waals surface area contributed by atoms with Crippen LogP contribution in [0.4, 0.5) is 5.69 Å². The first-order chi connectivity index (χ1) is 9.65. The second-order valence-electron chi connectivity index (χ2n) is 5.01. The van der Waals surface area contributed by atoms with Gasteiger partial charge in [-0.3, -0.25) is 9.71 Å². The highest BCUT2D eigenvalue weighted by Gasteiger charge is 2.27. The van der Waals surface area contributed by atoms with Crippen molar-refractivity contribution in [2.24, 2.45) is 0 Å². The smallest absolute Gasteiger partial charge is 0.235 e. The molecular formula is C14H17N3O2S. The minimum atomic E-state index is -3.34. The molecule has 2 aromatic rings. The molecule has 0 amide bonds. The number of fused-ring (bicyclic) bond motifs is 1. The second kappa shape index (κ2) is 5.38. The number of piperidine rings is 1. The minimum absolute atomic E-state index is 0.324. The molecule has 6 heteroatoms. The maximum atomic E-state index is 12.3. The second-order valence-corrected chi connectivity index (χ2v) is 6.97. The highest BCUT2D eigenvalue weighted by molar-refractivity contribution is 7.93. The van der Waals surface area contributed by atoms with Gasteiger partial charge in [-0.1, -0.05) is 18.2 Å². The van der Waals surface area contributed by atoms with E-state index in [4.69, 9.17) is 0 Å². The van der Waals surface area contributed by atoms with Crippen molar-refractivity contribution in [2.45, 2.75) is 18.1 Å². The molecule has 20 heavy (non-hydrogen) atoms. The Morgan fingerprint density at radius 1 is 1.20 bits per heavy atom. The first-order valence-electron chi connectivity index (χ1n) is 6.72. The van der Waals surface area contributed by atoms with Crippen LogP contribution in [0.5, 0.6) is 0 Å². The van der Waals surface area contributed by atoms with E-state index in [2.05, 4.69) is 15.0 Å². The van der Waals surface area contributed by atoms with Gasteiger partial charge in [-0.2, -0.15) is 0 Å². The van der Waals surface area contributed by atoms with Gasteiger partial charge in [0, 0.05) is 5.39 Å². The number of rotatable bonds is 3. The topological polar surface area (TPSA) is 71.1 Å². The van der Waals surface area contributed by atoms with E-state index in [9.17, 15) is 8.42 Å². The Morgan fingerprint density at radius 2 is 1.95 bits per heavy atom. The monoisotopic (exact) mass is 291 g/mol. The summed E-state index contributed by atoms with van der Waals surface area (Å²) < 4.78 is 27.3. The summed E-state index contributed by atoms with van der Waals surface area (Å²) in [5.74, 6) is 0. The Bertz CT molecular complexity index is 709. The van der Waals surface area contributed by atoms with Crippen LogP contribution in [0.25, 0.3) is 10.9 Å². The summed E-state index contributed by atoms with van der Waals surface area (Å²) in [4.78, 5) is 4.27. The van der Waals surface area contributed by atoms with Gasteiger partial charge in [0.2, 0.25) is 10.0 Å².